The van der Waals surface area contributed by atoms with Crippen LogP contribution in [0.2, 0.25) is 0 Å². The molecule has 0 unspecified atom stereocenters. The maximum atomic E-state index is 11.2. The van der Waals surface area contributed by atoms with Crippen molar-refractivity contribution in [3.8, 4) is 52.7 Å². The summed E-state index contributed by atoms with van der Waals surface area (Å²) >= 11 is 1.63. The van der Waals surface area contributed by atoms with Gasteiger partial charge in [-0.05, 0) is 178 Å². The van der Waals surface area contributed by atoms with Crippen LogP contribution in [0.5, 0.6) is 34.5 Å². The van der Waals surface area contributed by atoms with Gasteiger partial charge in [0.2, 0.25) is 0 Å². The Balaban J connectivity index is 1.05. The minimum absolute atomic E-state index is 0.0820. The molecule has 0 aliphatic carbocycles. The van der Waals surface area contributed by atoms with Gasteiger partial charge in [0.1, 0.15) is 34.5 Å². The molecule has 0 amide bonds. The van der Waals surface area contributed by atoms with Gasteiger partial charge in [0.15, 0.2) is 0 Å². The molecule has 6 aliphatic heterocycles. The van der Waals surface area contributed by atoms with Crippen molar-refractivity contribution in [2.24, 2.45) is 0 Å². The lowest BCUT2D eigenvalue weighted by Crippen LogP contribution is -2.65. The van der Waals surface area contributed by atoms with E-state index in [1.807, 2.05) is 24.3 Å². The number of anilines is 8. The van der Waals surface area contributed by atoms with Crippen molar-refractivity contribution in [3.05, 3.63) is 185 Å². The minimum atomic E-state index is -0.361. The Morgan fingerprint density at radius 2 is 0.701 bits per heavy atom. The van der Waals surface area contributed by atoms with Gasteiger partial charge < -0.3 is 24.0 Å². The standard InChI is InChI=1S/C74H63B3N6O3S/c1-71(2,3)44-14-20-48(21-15-44)81-56-36-58-52(34-50(56)76-53-32-46(73(7,8)9)18-24-62(53)84-65-29-42(39-79)27-60(81)69(65)76)75-51-35-55-64(86-67-31-43(40-80)30-66-70(67)77(55)54-33-47(74(10,11)12)19-25-63(54)85-66)37-57(51)82(49-22-16-45(17-23-49)72(4,5)6)59-26-41(38-78)28-61(68(59)75)83(58)87-13/h14-37H,1-13H3. The smallest absolute Gasteiger partial charge is 0.260 e. The summed E-state index contributed by atoms with van der Waals surface area (Å²) in [6.07, 6.45) is 2.12. The van der Waals surface area contributed by atoms with E-state index in [-0.39, 0.29) is 41.8 Å². The number of nitrogens with zero attached hydrogens (tertiary/aromatic N) is 6. The minimum Gasteiger partial charge on any atom is -0.458 e. The first-order chi connectivity index (χ1) is 41.4. The normalized spacial score (nSPS) is 14.4. The van der Waals surface area contributed by atoms with E-state index in [9.17, 15) is 15.8 Å². The second kappa shape index (κ2) is 18.7. The molecule has 0 spiro atoms. The second-order valence-corrected chi connectivity index (χ2v) is 29.1. The Morgan fingerprint density at radius 3 is 1.18 bits per heavy atom. The van der Waals surface area contributed by atoms with Gasteiger partial charge in [-0.15, -0.1) is 0 Å². The maximum Gasteiger partial charge on any atom is 0.260 e. The van der Waals surface area contributed by atoms with Gasteiger partial charge in [-0.1, -0.05) is 144 Å². The van der Waals surface area contributed by atoms with Crippen molar-refractivity contribution < 1.29 is 14.2 Å². The molecule has 9 aromatic carbocycles. The molecule has 13 heteroatoms. The van der Waals surface area contributed by atoms with Crippen LogP contribution >= 0.6 is 11.9 Å². The molecule has 15 rings (SSSR count). The van der Waals surface area contributed by atoms with Gasteiger partial charge in [-0.2, -0.15) is 15.8 Å². The Kier molecular flexibility index (Phi) is 11.7. The van der Waals surface area contributed by atoms with Crippen molar-refractivity contribution in [1.29, 1.82) is 15.8 Å². The van der Waals surface area contributed by atoms with Gasteiger partial charge in [0, 0.05) is 57.6 Å². The molecule has 9 nitrogen and oxygen atoms in total. The summed E-state index contributed by atoms with van der Waals surface area (Å²) in [6.45, 7) is 26.0. The fraction of sp³-hybridized carbons (Fsp3) is 0.230. The molecule has 0 saturated carbocycles. The monoisotopic (exact) mass is 1150 g/mol. The van der Waals surface area contributed by atoms with Crippen LogP contribution in [0, 0.1) is 34.0 Å². The molecule has 422 valence electrons. The molecule has 0 atom stereocenters. The molecule has 0 aromatic heterocycles. The molecule has 0 fully saturated rings. The zero-order chi connectivity index (χ0) is 60.7. The van der Waals surface area contributed by atoms with Crippen LogP contribution in [0.4, 0.5) is 45.5 Å². The Hall–Kier alpha value is -9.21. The first kappa shape index (κ1) is 54.4. The molecule has 9 aromatic rings. The predicted octanol–water partition coefficient (Wildman–Crippen LogP) is 12.7. The molecular formula is C74H63B3N6O3S. The fourth-order valence-electron chi connectivity index (χ4n) is 14.3. The maximum absolute atomic E-state index is 11.2. The van der Waals surface area contributed by atoms with E-state index in [1.54, 1.807) is 11.9 Å². The van der Waals surface area contributed by atoms with Crippen LogP contribution in [0.25, 0.3) is 0 Å². The molecular weight excluding hydrogens is 1090 g/mol. The molecule has 87 heavy (non-hydrogen) atoms. The summed E-state index contributed by atoms with van der Waals surface area (Å²) in [5.74, 6) is 4.08. The number of hydrogen-bond acceptors (Lipinski definition) is 10. The highest BCUT2D eigenvalue weighted by Gasteiger charge is 2.50. The summed E-state index contributed by atoms with van der Waals surface area (Å²) < 4.78 is 23.4. The average Bonchev–Trinajstić information content (AvgIpc) is 0.700. The van der Waals surface area contributed by atoms with Crippen molar-refractivity contribution >= 4 is 127 Å². The topological polar surface area (TPSA) is 109 Å². The highest BCUT2D eigenvalue weighted by molar-refractivity contribution is 8.00. The molecule has 0 N–H and O–H groups in total. The summed E-state index contributed by atoms with van der Waals surface area (Å²) in [6, 6.07) is 59.7. The van der Waals surface area contributed by atoms with Crippen LogP contribution in [-0.2, 0) is 21.7 Å². The number of rotatable bonds is 3. The Labute approximate surface area is 516 Å². The molecule has 6 aliphatic rings. The van der Waals surface area contributed by atoms with E-state index in [0.29, 0.717) is 39.7 Å². The number of benzene rings is 9. The lowest BCUT2D eigenvalue weighted by molar-refractivity contribution is 0.464. The molecule has 0 bridgehead atoms. The van der Waals surface area contributed by atoms with E-state index in [0.717, 1.165) is 106 Å². The predicted molar refractivity (Wildman–Crippen MR) is 360 cm³/mol. The van der Waals surface area contributed by atoms with Crippen molar-refractivity contribution in [3.63, 3.8) is 0 Å². The van der Waals surface area contributed by atoms with Crippen LogP contribution in [0.15, 0.2) is 146 Å². The van der Waals surface area contributed by atoms with E-state index < -0.39 is 0 Å². The third-order valence-electron chi connectivity index (χ3n) is 18.8. The quantitative estimate of drug-likeness (QED) is 0.125. The van der Waals surface area contributed by atoms with Gasteiger partial charge in [0.25, 0.3) is 20.1 Å². The summed E-state index contributed by atoms with van der Waals surface area (Å²) in [4.78, 5) is 4.69. The first-order valence-electron chi connectivity index (χ1n) is 30.0. The summed E-state index contributed by atoms with van der Waals surface area (Å²) in [7, 11) is 0. The van der Waals surface area contributed by atoms with E-state index in [4.69, 9.17) is 14.2 Å². The molecule has 0 saturated heterocycles. The Bertz CT molecular complexity index is 4660. The van der Waals surface area contributed by atoms with Crippen LogP contribution in [0.3, 0.4) is 0 Å². The zero-order valence-electron chi connectivity index (χ0n) is 51.4. The van der Waals surface area contributed by atoms with E-state index >= 15 is 0 Å². The van der Waals surface area contributed by atoms with Gasteiger partial charge in [-0.25, -0.2) is 0 Å². The van der Waals surface area contributed by atoms with Crippen molar-refractivity contribution in [2.45, 2.75) is 105 Å². The number of ether oxygens (including phenoxy) is 3. The first-order valence-corrected chi connectivity index (χ1v) is 31.2. The van der Waals surface area contributed by atoms with Crippen molar-refractivity contribution in [1.82, 2.24) is 0 Å². The highest BCUT2D eigenvalue weighted by atomic mass is 32.2. The second-order valence-electron chi connectivity index (χ2n) is 28.3. The number of nitriles is 3. The lowest BCUT2D eigenvalue weighted by Gasteiger charge is -2.46. The molecule has 6 heterocycles. The van der Waals surface area contributed by atoms with Gasteiger partial charge in [-0.3, -0.25) is 4.31 Å². The third kappa shape index (κ3) is 8.21. The fourth-order valence-corrected chi connectivity index (χ4v) is 15.0. The number of fused-ring (bicyclic) bond motifs is 12. The van der Waals surface area contributed by atoms with E-state index in [1.165, 1.54) is 22.3 Å². The highest BCUT2D eigenvalue weighted by Crippen LogP contribution is 2.49. The van der Waals surface area contributed by atoms with Gasteiger partial charge >= 0.3 is 0 Å². The number of hydrogen-bond donors (Lipinski definition) is 0. The van der Waals surface area contributed by atoms with Crippen LogP contribution in [0.1, 0.15) is 122 Å². The zero-order valence-corrected chi connectivity index (χ0v) is 52.2. The Morgan fingerprint density at radius 1 is 0.333 bits per heavy atom. The summed E-state index contributed by atoms with van der Waals surface area (Å²) in [5, 5.41) is 32.4. The largest absolute Gasteiger partial charge is 0.458 e. The van der Waals surface area contributed by atoms with Gasteiger partial charge in [0.05, 0.1) is 40.6 Å². The third-order valence-corrected chi connectivity index (χ3v) is 19.6. The van der Waals surface area contributed by atoms with E-state index in [2.05, 4.69) is 243 Å². The molecule has 0 radical (unpaired) electrons. The van der Waals surface area contributed by atoms with Crippen LogP contribution in [-0.4, -0.2) is 26.4 Å². The van der Waals surface area contributed by atoms with Crippen LogP contribution < -0.4 is 77.5 Å². The van der Waals surface area contributed by atoms with Crippen molar-refractivity contribution in [2.75, 3.05) is 20.4 Å². The average molecular weight is 1150 g/mol. The SMILES string of the molecule is CSN1c2cc3c(cc2B2c4cc5c(cc4N(c4ccc(C(C)(C)C)cc4)c4cc(C#N)cc1c42)Oc1cc(C#N)cc2c1B5c1cc(C(C)(C)C)ccc1O2)B1c2cc(C(C)(C)C)ccc2Oc2cc(C#N)cc(c21)N3c1ccc(C(C)(C)C)cc1. The lowest BCUT2D eigenvalue weighted by atomic mass is 9.29. The summed E-state index contributed by atoms with van der Waals surface area (Å²) in [5.41, 5.74) is 22.8.